The van der Waals surface area contributed by atoms with Crippen molar-refractivity contribution in [1.29, 1.82) is 26.3 Å². The third-order valence-corrected chi connectivity index (χ3v) is 19.5. The molecule has 2 atom stereocenters. The van der Waals surface area contributed by atoms with E-state index in [9.17, 15) is 69.0 Å². The molecule has 6 heterocycles. The number of nitrogens with one attached hydrogen (secondary N) is 4. The molecule has 9 aromatic rings. The first-order valence-corrected chi connectivity index (χ1v) is 42.2. The highest BCUT2D eigenvalue weighted by Gasteiger charge is 2.30. The van der Waals surface area contributed by atoms with Crippen LogP contribution in [0.1, 0.15) is 267 Å². The van der Waals surface area contributed by atoms with Crippen LogP contribution in [0.15, 0.2) is 114 Å². The Morgan fingerprint density at radius 1 is 0.460 bits per heavy atom. The number of aliphatic imine (C=N–C) groups is 1. The number of nitrogens with zero attached hydrogens (tertiary/aromatic N) is 14. The number of aromatic amines is 4. The van der Waals surface area contributed by atoms with Crippen molar-refractivity contribution in [3.8, 4) is 36.2 Å². The Labute approximate surface area is 756 Å². The van der Waals surface area contributed by atoms with E-state index < -0.39 is 57.0 Å². The molecule has 6 aromatic heterocycles. The van der Waals surface area contributed by atoms with Gasteiger partial charge in [-0.15, -0.1) is 11.6 Å². The van der Waals surface area contributed by atoms with Gasteiger partial charge in [0.2, 0.25) is 5.88 Å². The zero-order chi connectivity index (χ0) is 96.8. The van der Waals surface area contributed by atoms with Crippen LogP contribution < -0.4 is 61.0 Å². The minimum Gasteiger partial charge on any atom is -0.481 e. The van der Waals surface area contributed by atoms with Crippen molar-refractivity contribution >= 4 is 69.6 Å². The highest BCUT2D eigenvalue weighted by atomic mass is 35.5. The predicted octanol–water partition coefficient (Wildman–Crippen LogP) is 14.7. The number of benzene rings is 3. The third-order valence-electron chi connectivity index (χ3n) is 18.1. The molecule has 3 aromatic carbocycles. The Balaban J connectivity index is 0.000000747. The fourth-order valence-electron chi connectivity index (χ4n) is 12.8. The molecule has 0 aliphatic rings. The van der Waals surface area contributed by atoms with E-state index in [4.69, 9.17) is 71.0 Å². The molecule has 5 N–H and O–H groups in total. The first-order chi connectivity index (χ1) is 59.4. The monoisotopic (exact) mass is 1830 g/mol. The van der Waals surface area contributed by atoms with E-state index in [1.807, 2.05) is 142 Å². The Morgan fingerprint density at radius 2 is 0.833 bits per heavy atom. The van der Waals surface area contributed by atoms with Crippen molar-refractivity contribution in [3.63, 3.8) is 0 Å². The summed E-state index contributed by atoms with van der Waals surface area (Å²) < 4.78 is 22.7. The third kappa shape index (κ3) is 29.9. The molecule has 678 valence electrons. The Hall–Kier alpha value is -11.8. The summed E-state index contributed by atoms with van der Waals surface area (Å²) in [5.74, 6) is 1.26. The number of nitriles is 5. The average molecular weight is 1840 g/mol. The van der Waals surface area contributed by atoms with Gasteiger partial charge in [-0.2, -0.15) is 31.3 Å². The predicted molar refractivity (Wildman–Crippen MR) is 494 cm³/mol. The van der Waals surface area contributed by atoms with Gasteiger partial charge in [-0.1, -0.05) is 155 Å². The number of rotatable bonds is 21. The molecular formula is C89H113Cl5N18O14. The molecule has 32 nitrogen and oxygen atoms in total. The van der Waals surface area contributed by atoms with Crippen molar-refractivity contribution in [2.75, 3.05) is 27.7 Å². The summed E-state index contributed by atoms with van der Waals surface area (Å²) in [6.45, 7) is 43.7. The molecule has 9 rings (SSSR count). The second-order valence-corrected chi connectivity index (χ2v) is 30.4. The number of alkyl halides is 1. The van der Waals surface area contributed by atoms with Crippen LogP contribution in [-0.4, -0.2) is 96.0 Å². The lowest BCUT2D eigenvalue weighted by molar-refractivity contribution is 0.122. The molecule has 0 saturated carbocycles. The van der Waals surface area contributed by atoms with Gasteiger partial charge in [0.15, 0.2) is 5.82 Å². The maximum absolute atomic E-state index is 13.1. The van der Waals surface area contributed by atoms with Crippen LogP contribution in [0.25, 0.3) is 0 Å². The zero-order valence-electron chi connectivity index (χ0n) is 75.9. The van der Waals surface area contributed by atoms with Gasteiger partial charge in [0.25, 0.3) is 27.8 Å². The molecule has 2 unspecified atom stereocenters. The zero-order valence-corrected chi connectivity index (χ0v) is 79.7. The fraction of sp³-hybridized carbons (Fsp3) is 0.449. The van der Waals surface area contributed by atoms with E-state index in [0.717, 1.165) is 37.1 Å². The summed E-state index contributed by atoms with van der Waals surface area (Å²) in [6.07, 6.45) is 1.47. The van der Waals surface area contributed by atoms with Gasteiger partial charge >= 0.3 is 28.4 Å². The molecule has 0 radical (unpaired) electrons. The first kappa shape index (κ1) is 112. The number of hydrogen-bond acceptors (Lipinski definition) is 22. The summed E-state index contributed by atoms with van der Waals surface area (Å²) >= 11 is 28.3. The summed E-state index contributed by atoms with van der Waals surface area (Å²) in [7, 11) is 4.37. The summed E-state index contributed by atoms with van der Waals surface area (Å²) in [5.41, 5.74) is 5.22. The van der Waals surface area contributed by atoms with Gasteiger partial charge in [-0.05, 0) is 167 Å². The second-order valence-electron chi connectivity index (χ2n) is 29.0. The smallest absolute Gasteiger partial charge is 0.334 e. The SMILES string of the molecule is C=C=Nc1cc(C)cc(C#N)c1.CC.CC(C)c1c(Cl)[nH]c(=O)[nH]c1=O.CCl.CCn1c(C(C#N)c2cc(C)cc(C#N)c2)c(C(C)C)c(=O)[nH]c1=O.CCn1c(C(C#N)c2cc(C)cc(C#N)c2)c(C(C)C)c(=O)n(COC)c1=O.CCn1c(Cl)c(C(C)C)c(=O)[nH]c1=O.CCn1c(Cl)c(C(C)C)c(=O)n(COC)c1=O.COc1nc(CO)nc(Cl)c1C(C)C. The van der Waals surface area contributed by atoms with E-state index in [1.54, 1.807) is 58.0 Å². The molecule has 126 heavy (non-hydrogen) atoms. The van der Waals surface area contributed by atoms with Crippen LogP contribution in [0.5, 0.6) is 5.88 Å². The van der Waals surface area contributed by atoms with Crippen LogP contribution in [-0.2, 0) is 55.7 Å². The number of halogens is 5. The van der Waals surface area contributed by atoms with Crippen molar-refractivity contribution in [2.24, 2.45) is 4.99 Å². The van der Waals surface area contributed by atoms with Gasteiger partial charge < -0.3 is 19.3 Å². The quantitative estimate of drug-likeness (QED) is 0.0253. The molecule has 0 saturated heterocycles. The lowest BCUT2D eigenvalue weighted by atomic mass is 9.88. The normalized spacial score (nSPS) is 10.8. The topological polar surface area (TPSA) is 468 Å². The highest BCUT2D eigenvalue weighted by Crippen LogP contribution is 2.34. The largest absolute Gasteiger partial charge is 0.481 e. The molecule has 0 aliphatic heterocycles. The second kappa shape index (κ2) is 54.8. The van der Waals surface area contributed by atoms with Crippen LogP contribution in [0.4, 0.5) is 5.69 Å². The minimum atomic E-state index is -0.845. The van der Waals surface area contributed by atoms with Crippen LogP contribution in [0.3, 0.4) is 0 Å². The van der Waals surface area contributed by atoms with Crippen LogP contribution >= 0.6 is 58.0 Å². The maximum atomic E-state index is 13.1. The average Bonchev–Trinajstić information content (AvgIpc) is 0.752. The number of aryl methyl sites for hydroxylation is 3. The first-order valence-electron chi connectivity index (χ1n) is 39.9. The molecule has 0 spiro atoms. The lowest BCUT2D eigenvalue weighted by Gasteiger charge is -2.23. The van der Waals surface area contributed by atoms with E-state index in [-0.39, 0.29) is 88.0 Å². The molecular weight excluding hydrogens is 1720 g/mol. The van der Waals surface area contributed by atoms with Gasteiger partial charge in [-0.25, -0.2) is 43.1 Å². The maximum Gasteiger partial charge on any atom is 0.334 e. The lowest BCUT2D eigenvalue weighted by Crippen LogP contribution is -2.44. The summed E-state index contributed by atoms with van der Waals surface area (Å²) in [5, 5.41) is 56.7. The van der Waals surface area contributed by atoms with Crippen molar-refractivity contribution in [2.45, 2.75) is 239 Å². The Bertz CT molecular complexity index is 6160. The fourth-order valence-corrected chi connectivity index (χ4v) is 14.6. The van der Waals surface area contributed by atoms with E-state index in [2.05, 4.69) is 89.3 Å². The number of ether oxygens (including phenoxy) is 3. The highest BCUT2D eigenvalue weighted by molar-refractivity contribution is 6.31. The van der Waals surface area contributed by atoms with Crippen molar-refractivity contribution in [3.05, 3.63) is 281 Å². The molecule has 0 fully saturated rings. The number of hydrogen-bond donors (Lipinski definition) is 5. The molecule has 0 aliphatic carbocycles. The van der Waals surface area contributed by atoms with Crippen LogP contribution in [0, 0.1) is 77.4 Å². The number of H-pyrrole nitrogens is 4. The van der Waals surface area contributed by atoms with Gasteiger partial charge in [0.1, 0.15) is 52.5 Å². The van der Waals surface area contributed by atoms with Crippen molar-refractivity contribution in [1.82, 2.24) is 57.3 Å². The molecule has 0 amide bonds. The van der Waals surface area contributed by atoms with Gasteiger partial charge in [0, 0.05) is 57.9 Å². The number of aliphatic hydroxyl groups excluding tert-OH is 1. The molecule has 37 heteroatoms. The molecule has 0 bridgehead atoms. The Kier molecular flexibility index (Phi) is 48.8. The van der Waals surface area contributed by atoms with E-state index in [1.165, 1.54) is 46.0 Å². The van der Waals surface area contributed by atoms with Crippen molar-refractivity contribution < 1.29 is 19.3 Å². The number of methoxy groups -OCH3 is 3. The van der Waals surface area contributed by atoms with Gasteiger partial charge in [-0.3, -0.25) is 62.2 Å². The number of aliphatic hydroxyl groups is 1. The van der Waals surface area contributed by atoms with E-state index >= 15 is 0 Å². The summed E-state index contributed by atoms with van der Waals surface area (Å²) in [6, 6.07) is 26.4. The van der Waals surface area contributed by atoms with Gasteiger partial charge in [0.05, 0.1) is 93.5 Å². The minimum absolute atomic E-state index is 0.00176. The number of aromatic nitrogens is 12. The van der Waals surface area contributed by atoms with Crippen LogP contribution in [0.2, 0.25) is 20.6 Å². The summed E-state index contributed by atoms with van der Waals surface area (Å²) in [4.78, 5) is 140. The standard InChI is InChI=1S/C21H24N4O3.C19H20N4O2.C11H17ClN2O3.C10H8N2.2C9H13ClN2O2.C7H9ClN2O2.C2H6.CH3Cl/c1-6-24-19(17(11-23)16-8-14(4)7-15(9-16)10-22)18(13(2)3)20(26)25(12-28-5)21(24)27;1-5-23-17(16(11(2)3)18(24)22-19(23)25)15(10-21)14-7-12(4)6-13(8-14)9-20;1-5-13-9(12)8(7(2)3)10(15)14(6-17-4)11(13)16;1-3-12-10-5-8(2)4-9(6-10)7-11;1-5(2)7-8(10)11-6(4-13)12-9(7)14-3;1-4-12-7(10)6(5(2)3)8(13)11-9(12)14;1-3(2)4-5(8)9-7(12)10-6(4)11;2*1-2/h7-9,13,17H,6,12H2,1-5H3;6-8,11,15H,5H2,1-4H3,(H,22,24,25);7H,5-6H2,1-4H3;4-6H,1H2,2H3;5,13H,4H2,1-3H3;5H,4H2,1-3H3,(H,11,13,14);3H,1-2H3,(H2,9,10,11,12);1-2H3;1H3. The van der Waals surface area contributed by atoms with E-state index in [0.29, 0.717) is 104 Å². The Morgan fingerprint density at radius 3 is 1.21 bits per heavy atom.